The Morgan fingerprint density at radius 1 is 1.44 bits per heavy atom. The third-order valence-corrected chi connectivity index (χ3v) is 2.79. The molecule has 96 valence electrons. The number of ether oxygens (including phenoxy) is 1. The molecule has 0 bridgehead atoms. The quantitative estimate of drug-likeness (QED) is 0.812. The number of nitrogens with zero attached hydrogens (tertiary/aromatic N) is 2. The number of carbonyl (C=O) groups is 2. The van der Waals surface area contributed by atoms with Crippen LogP contribution in [0.3, 0.4) is 0 Å². The van der Waals surface area contributed by atoms with E-state index in [2.05, 4.69) is 15.3 Å². The smallest absolute Gasteiger partial charge is 0.358 e. The van der Waals surface area contributed by atoms with Crippen molar-refractivity contribution < 1.29 is 19.4 Å². The third-order valence-electron chi connectivity index (χ3n) is 2.79. The van der Waals surface area contributed by atoms with Crippen LogP contribution >= 0.6 is 0 Å². The average molecular weight is 251 g/mol. The minimum atomic E-state index is -1.24. The van der Waals surface area contributed by atoms with Crippen molar-refractivity contribution in [2.75, 3.05) is 11.9 Å². The van der Waals surface area contributed by atoms with Crippen molar-refractivity contribution in [2.45, 2.75) is 19.4 Å². The molecule has 1 aromatic heterocycles. The van der Waals surface area contributed by atoms with E-state index >= 15 is 0 Å². The summed E-state index contributed by atoms with van der Waals surface area (Å²) in [5.41, 5.74) is -0.281. The zero-order valence-electron chi connectivity index (χ0n) is 9.79. The van der Waals surface area contributed by atoms with Crippen LogP contribution in [-0.4, -0.2) is 39.7 Å². The molecule has 1 aliphatic heterocycles. The fraction of sp³-hybridized carbons (Fsp3) is 0.455. The van der Waals surface area contributed by atoms with Crippen LogP contribution in [0, 0.1) is 5.92 Å². The van der Waals surface area contributed by atoms with Gasteiger partial charge in [0.2, 0.25) is 0 Å². The van der Waals surface area contributed by atoms with Gasteiger partial charge in [0, 0.05) is 19.0 Å². The third kappa shape index (κ3) is 2.45. The van der Waals surface area contributed by atoms with Gasteiger partial charge in [0.15, 0.2) is 11.5 Å². The highest BCUT2D eigenvalue weighted by molar-refractivity contribution is 5.99. The van der Waals surface area contributed by atoms with E-state index in [-0.39, 0.29) is 23.3 Å². The zero-order chi connectivity index (χ0) is 13.1. The first-order valence-electron chi connectivity index (χ1n) is 5.56. The van der Waals surface area contributed by atoms with E-state index in [1.807, 2.05) is 6.92 Å². The summed E-state index contributed by atoms with van der Waals surface area (Å²) < 4.78 is 5.29. The van der Waals surface area contributed by atoms with Crippen LogP contribution in [0.1, 0.15) is 23.8 Å². The summed E-state index contributed by atoms with van der Waals surface area (Å²) >= 11 is 0. The molecule has 2 heterocycles. The fourth-order valence-corrected chi connectivity index (χ4v) is 1.80. The normalized spacial score (nSPS) is 22.7. The molecule has 18 heavy (non-hydrogen) atoms. The number of hydrogen-bond acceptors (Lipinski definition) is 5. The largest absolute Gasteiger partial charge is 0.476 e. The van der Waals surface area contributed by atoms with Crippen molar-refractivity contribution >= 4 is 17.7 Å². The molecule has 0 radical (unpaired) electrons. The van der Waals surface area contributed by atoms with Gasteiger partial charge >= 0.3 is 5.97 Å². The molecule has 0 aromatic carbocycles. The number of hydrogen-bond donors (Lipinski definition) is 2. The van der Waals surface area contributed by atoms with E-state index in [0.717, 1.165) is 6.42 Å². The molecule has 0 spiro atoms. The summed E-state index contributed by atoms with van der Waals surface area (Å²) in [6, 6.07) is 0. The van der Waals surface area contributed by atoms with Gasteiger partial charge in [-0.25, -0.2) is 14.8 Å². The summed E-state index contributed by atoms with van der Waals surface area (Å²) in [7, 11) is 0. The Morgan fingerprint density at radius 3 is 2.78 bits per heavy atom. The SMILES string of the molecule is CC1CCOC1C(=O)Nc1nccnc1C(=O)O. The Hall–Kier alpha value is -2.02. The number of carboxylic acid groups (broad SMARTS) is 1. The predicted molar refractivity (Wildman–Crippen MR) is 61.1 cm³/mol. The van der Waals surface area contributed by atoms with E-state index < -0.39 is 12.1 Å². The van der Waals surface area contributed by atoms with Crippen LogP contribution in [0.2, 0.25) is 0 Å². The Morgan fingerprint density at radius 2 is 2.17 bits per heavy atom. The lowest BCUT2D eigenvalue weighted by atomic mass is 10.0. The number of amides is 1. The van der Waals surface area contributed by atoms with Crippen LogP contribution in [0.15, 0.2) is 12.4 Å². The maximum Gasteiger partial charge on any atom is 0.358 e. The first-order valence-corrected chi connectivity index (χ1v) is 5.56. The summed E-state index contributed by atoms with van der Waals surface area (Å²) in [5, 5.41) is 11.4. The molecule has 1 saturated heterocycles. The summed E-state index contributed by atoms with van der Waals surface area (Å²) in [6.07, 6.45) is 2.83. The first-order chi connectivity index (χ1) is 8.59. The second-order valence-corrected chi connectivity index (χ2v) is 4.11. The molecule has 2 atom stereocenters. The van der Waals surface area contributed by atoms with Crippen molar-refractivity contribution in [1.29, 1.82) is 0 Å². The molecule has 2 N–H and O–H groups in total. The molecule has 0 saturated carbocycles. The molecule has 1 amide bonds. The minimum Gasteiger partial charge on any atom is -0.476 e. The van der Waals surface area contributed by atoms with Gasteiger partial charge in [0.1, 0.15) is 6.10 Å². The van der Waals surface area contributed by atoms with Crippen molar-refractivity contribution in [3.05, 3.63) is 18.1 Å². The second kappa shape index (κ2) is 5.09. The maximum absolute atomic E-state index is 11.9. The Labute approximate surface area is 103 Å². The molecular formula is C11H13N3O4. The molecule has 2 rings (SSSR count). The summed E-state index contributed by atoms with van der Waals surface area (Å²) in [5.74, 6) is -1.57. The molecule has 1 aliphatic rings. The number of anilines is 1. The lowest BCUT2D eigenvalue weighted by molar-refractivity contribution is -0.126. The van der Waals surface area contributed by atoms with Crippen LogP contribution in [0.4, 0.5) is 5.82 Å². The van der Waals surface area contributed by atoms with Crippen molar-refractivity contribution in [2.24, 2.45) is 5.92 Å². The van der Waals surface area contributed by atoms with Crippen LogP contribution in [0.25, 0.3) is 0 Å². The van der Waals surface area contributed by atoms with Gasteiger partial charge in [-0.1, -0.05) is 6.92 Å². The van der Waals surface area contributed by atoms with Gasteiger partial charge < -0.3 is 15.2 Å². The van der Waals surface area contributed by atoms with E-state index in [1.54, 1.807) is 0 Å². The predicted octanol–water partition coefficient (Wildman–Crippen LogP) is 0.538. The van der Waals surface area contributed by atoms with Gasteiger partial charge in [0.05, 0.1) is 0 Å². The van der Waals surface area contributed by atoms with Crippen molar-refractivity contribution in [3.8, 4) is 0 Å². The van der Waals surface area contributed by atoms with Crippen LogP contribution < -0.4 is 5.32 Å². The topological polar surface area (TPSA) is 101 Å². The molecule has 7 heteroatoms. The number of aromatic carboxylic acids is 1. The highest BCUT2D eigenvalue weighted by atomic mass is 16.5. The molecule has 1 fully saturated rings. The highest BCUT2D eigenvalue weighted by Gasteiger charge is 2.31. The molecule has 0 aliphatic carbocycles. The Bertz CT molecular complexity index is 477. The van der Waals surface area contributed by atoms with Gasteiger partial charge in [-0.3, -0.25) is 4.79 Å². The van der Waals surface area contributed by atoms with E-state index in [4.69, 9.17) is 9.84 Å². The van der Waals surface area contributed by atoms with Gasteiger partial charge in [-0.05, 0) is 12.3 Å². The highest BCUT2D eigenvalue weighted by Crippen LogP contribution is 2.21. The number of nitrogens with one attached hydrogen (secondary N) is 1. The lowest BCUT2D eigenvalue weighted by Gasteiger charge is -2.14. The molecular weight excluding hydrogens is 238 g/mol. The van der Waals surface area contributed by atoms with E-state index in [1.165, 1.54) is 12.4 Å². The summed E-state index contributed by atoms with van der Waals surface area (Å²) in [6.45, 7) is 2.44. The van der Waals surface area contributed by atoms with E-state index in [9.17, 15) is 9.59 Å². The summed E-state index contributed by atoms with van der Waals surface area (Å²) in [4.78, 5) is 30.3. The Kier molecular flexibility index (Phi) is 3.52. The second-order valence-electron chi connectivity index (χ2n) is 4.11. The number of carboxylic acids is 1. The van der Waals surface area contributed by atoms with E-state index in [0.29, 0.717) is 6.61 Å². The monoisotopic (exact) mass is 251 g/mol. The van der Waals surface area contributed by atoms with Crippen LogP contribution in [-0.2, 0) is 9.53 Å². The van der Waals surface area contributed by atoms with Gasteiger partial charge in [-0.15, -0.1) is 0 Å². The van der Waals surface area contributed by atoms with Gasteiger partial charge in [0.25, 0.3) is 5.91 Å². The number of carbonyl (C=O) groups excluding carboxylic acids is 1. The van der Waals surface area contributed by atoms with Gasteiger partial charge in [-0.2, -0.15) is 0 Å². The molecule has 2 unspecified atom stereocenters. The fourth-order valence-electron chi connectivity index (χ4n) is 1.80. The van der Waals surface area contributed by atoms with Crippen molar-refractivity contribution in [3.63, 3.8) is 0 Å². The number of rotatable bonds is 3. The maximum atomic E-state index is 11.9. The lowest BCUT2D eigenvalue weighted by Crippen LogP contribution is -2.32. The number of aromatic nitrogens is 2. The zero-order valence-corrected chi connectivity index (χ0v) is 9.79. The van der Waals surface area contributed by atoms with Crippen molar-refractivity contribution in [1.82, 2.24) is 9.97 Å². The standard InChI is InChI=1S/C11H13N3O4/c1-6-2-5-18-8(6)10(15)14-9-7(11(16)17)12-3-4-13-9/h3-4,6,8H,2,5H2,1H3,(H,16,17)(H,13,14,15). The Balaban J connectivity index is 2.14. The first kappa shape index (κ1) is 12.4. The molecule has 1 aromatic rings. The average Bonchev–Trinajstić information content (AvgIpc) is 2.76. The van der Waals surface area contributed by atoms with Crippen LogP contribution in [0.5, 0.6) is 0 Å². The minimum absolute atomic E-state index is 0.0577. The molecule has 7 nitrogen and oxygen atoms in total.